The van der Waals surface area contributed by atoms with Crippen LogP contribution in [-0.2, 0) is 11.2 Å². The number of hydrogen-bond donors (Lipinski definition) is 3. The first-order chi connectivity index (χ1) is 17.0. The molecule has 0 radical (unpaired) electrons. The van der Waals surface area contributed by atoms with E-state index in [1.54, 1.807) is 17.0 Å². The van der Waals surface area contributed by atoms with E-state index in [9.17, 15) is 14.0 Å². The smallest absolute Gasteiger partial charge is 0.323 e. The number of anilines is 2. The van der Waals surface area contributed by atoms with E-state index in [1.807, 2.05) is 30.3 Å². The Morgan fingerprint density at radius 3 is 2.54 bits per heavy atom. The molecule has 1 aromatic heterocycles. The number of amides is 3. The molecule has 3 aromatic rings. The number of benzene rings is 2. The molecule has 2 heterocycles. The molecule has 35 heavy (non-hydrogen) atoms. The van der Waals surface area contributed by atoms with Gasteiger partial charge in [0.2, 0.25) is 5.91 Å². The maximum atomic E-state index is 14.7. The summed E-state index contributed by atoms with van der Waals surface area (Å²) in [6, 6.07) is 16.4. The van der Waals surface area contributed by atoms with Crippen molar-refractivity contribution in [3.05, 3.63) is 78.2 Å². The molecule has 3 N–H and O–H groups in total. The Kier molecular flexibility index (Phi) is 7.84. The molecule has 1 aliphatic rings. The second-order valence-corrected chi connectivity index (χ2v) is 8.32. The quantitative estimate of drug-likeness (QED) is 0.431. The molecule has 3 amide bonds. The van der Waals surface area contributed by atoms with E-state index < -0.39 is 5.82 Å². The third kappa shape index (κ3) is 6.97. The Morgan fingerprint density at radius 2 is 1.80 bits per heavy atom. The van der Waals surface area contributed by atoms with Gasteiger partial charge in [-0.1, -0.05) is 30.3 Å². The van der Waals surface area contributed by atoms with Crippen LogP contribution in [0.3, 0.4) is 0 Å². The SMILES string of the molecule is O=C(Cc1ccccc1)NC(=S)Nc1ccc(Oc2ccnc(NC(=O)N3CCCC3)c2)c(F)c1. The van der Waals surface area contributed by atoms with Gasteiger partial charge in [-0.2, -0.15) is 0 Å². The summed E-state index contributed by atoms with van der Waals surface area (Å²) < 4.78 is 20.3. The second-order valence-electron chi connectivity index (χ2n) is 7.91. The van der Waals surface area contributed by atoms with Gasteiger partial charge in [-0.05, 0) is 48.8 Å². The number of aromatic nitrogens is 1. The molecule has 0 unspecified atom stereocenters. The minimum Gasteiger partial charge on any atom is -0.454 e. The van der Waals surface area contributed by atoms with Crippen LogP contribution in [0.4, 0.5) is 20.7 Å². The number of pyridine rings is 1. The number of ether oxygens (including phenoxy) is 1. The van der Waals surface area contributed by atoms with Gasteiger partial charge in [-0.25, -0.2) is 14.2 Å². The van der Waals surface area contributed by atoms with E-state index in [0.717, 1.165) is 18.4 Å². The maximum Gasteiger partial charge on any atom is 0.323 e. The molecule has 2 aromatic carbocycles. The molecule has 1 fully saturated rings. The highest BCUT2D eigenvalue weighted by molar-refractivity contribution is 7.80. The zero-order chi connectivity index (χ0) is 24.6. The van der Waals surface area contributed by atoms with E-state index in [4.69, 9.17) is 17.0 Å². The lowest BCUT2D eigenvalue weighted by Gasteiger charge is -2.16. The number of thiocarbonyl (C=S) groups is 1. The van der Waals surface area contributed by atoms with Crippen LogP contribution in [0.15, 0.2) is 66.9 Å². The number of nitrogens with one attached hydrogen (secondary N) is 3. The van der Waals surface area contributed by atoms with Crippen LogP contribution in [0.1, 0.15) is 18.4 Å². The molecule has 0 aliphatic carbocycles. The molecule has 10 heteroatoms. The molecule has 0 atom stereocenters. The summed E-state index contributed by atoms with van der Waals surface area (Å²) in [4.78, 5) is 30.2. The van der Waals surface area contributed by atoms with Crippen LogP contribution in [0.25, 0.3) is 0 Å². The van der Waals surface area contributed by atoms with Crippen molar-refractivity contribution in [1.29, 1.82) is 0 Å². The predicted molar refractivity (Wildman–Crippen MR) is 135 cm³/mol. The largest absolute Gasteiger partial charge is 0.454 e. The van der Waals surface area contributed by atoms with Crippen molar-refractivity contribution in [3.8, 4) is 11.5 Å². The van der Waals surface area contributed by atoms with Crippen LogP contribution in [0.2, 0.25) is 0 Å². The number of halogens is 1. The third-order valence-corrected chi connectivity index (χ3v) is 5.44. The molecule has 0 bridgehead atoms. The molecule has 180 valence electrons. The molecular formula is C25H24FN5O3S. The first-order valence-electron chi connectivity index (χ1n) is 11.1. The number of urea groups is 1. The summed E-state index contributed by atoms with van der Waals surface area (Å²) in [6.07, 6.45) is 3.62. The maximum absolute atomic E-state index is 14.7. The number of carbonyl (C=O) groups is 2. The first kappa shape index (κ1) is 24.1. The van der Waals surface area contributed by atoms with E-state index in [0.29, 0.717) is 30.3 Å². The van der Waals surface area contributed by atoms with Gasteiger partial charge in [0.05, 0.1) is 6.42 Å². The Balaban J connectivity index is 1.32. The lowest BCUT2D eigenvalue weighted by atomic mass is 10.1. The third-order valence-electron chi connectivity index (χ3n) is 5.24. The number of nitrogens with zero attached hydrogens (tertiary/aromatic N) is 2. The van der Waals surface area contributed by atoms with Crippen molar-refractivity contribution in [2.24, 2.45) is 0 Å². The lowest BCUT2D eigenvalue weighted by Crippen LogP contribution is -2.35. The van der Waals surface area contributed by atoms with Crippen molar-refractivity contribution in [2.75, 3.05) is 23.7 Å². The van der Waals surface area contributed by atoms with Gasteiger partial charge in [0.25, 0.3) is 0 Å². The zero-order valence-electron chi connectivity index (χ0n) is 18.8. The summed E-state index contributed by atoms with van der Waals surface area (Å²) in [7, 11) is 0. The Hall–Kier alpha value is -4.05. The van der Waals surface area contributed by atoms with Crippen LogP contribution in [0, 0.1) is 5.82 Å². The van der Waals surface area contributed by atoms with Crippen molar-refractivity contribution in [2.45, 2.75) is 19.3 Å². The normalized spacial score (nSPS) is 12.7. The molecule has 8 nitrogen and oxygen atoms in total. The average molecular weight is 494 g/mol. The molecular weight excluding hydrogens is 469 g/mol. The highest BCUT2D eigenvalue weighted by Gasteiger charge is 2.18. The van der Waals surface area contributed by atoms with Gasteiger partial charge in [0.1, 0.15) is 11.6 Å². The summed E-state index contributed by atoms with van der Waals surface area (Å²) in [5.41, 5.74) is 1.21. The first-order valence-corrected chi connectivity index (χ1v) is 11.5. The van der Waals surface area contributed by atoms with Crippen LogP contribution < -0.4 is 20.7 Å². The summed E-state index contributed by atoms with van der Waals surface area (Å²) in [6.45, 7) is 1.43. The summed E-state index contributed by atoms with van der Waals surface area (Å²) in [5, 5.41) is 8.16. The fourth-order valence-electron chi connectivity index (χ4n) is 3.55. The van der Waals surface area contributed by atoms with Crippen molar-refractivity contribution >= 4 is 40.8 Å². The van der Waals surface area contributed by atoms with Crippen LogP contribution in [-0.4, -0.2) is 40.0 Å². The average Bonchev–Trinajstić information content (AvgIpc) is 3.37. The Labute approximate surface area is 207 Å². The van der Waals surface area contributed by atoms with Crippen molar-refractivity contribution < 1.29 is 18.7 Å². The Morgan fingerprint density at radius 1 is 1.03 bits per heavy atom. The second kappa shape index (κ2) is 11.4. The van der Waals surface area contributed by atoms with E-state index in [-0.39, 0.29) is 29.2 Å². The minimum atomic E-state index is -0.632. The molecule has 0 spiro atoms. The van der Waals surface area contributed by atoms with Crippen molar-refractivity contribution in [1.82, 2.24) is 15.2 Å². The molecule has 1 saturated heterocycles. The summed E-state index contributed by atoms with van der Waals surface area (Å²) in [5.74, 6) is -0.292. The number of likely N-dealkylation sites (tertiary alicyclic amines) is 1. The topological polar surface area (TPSA) is 95.6 Å². The number of carbonyl (C=O) groups excluding carboxylic acids is 2. The fourth-order valence-corrected chi connectivity index (χ4v) is 3.79. The summed E-state index contributed by atoms with van der Waals surface area (Å²) >= 11 is 5.16. The van der Waals surface area contributed by atoms with Crippen molar-refractivity contribution in [3.63, 3.8) is 0 Å². The molecule has 4 rings (SSSR count). The van der Waals surface area contributed by atoms with E-state index >= 15 is 0 Å². The van der Waals surface area contributed by atoms with E-state index in [2.05, 4.69) is 20.9 Å². The van der Waals surface area contributed by atoms with Gasteiger partial charge in [0, 0.05) is 37.1 Å². The zero-order valence-corrected chi connectivity index (χ0v) is 19.6. The lowest BCUT2D eigenvalue weighted by molar-refractivity contribution is -0.119. The van der Waals surface area contributed by atoms with Crippen LogP contribution >= 0.6 is 12.2 Å². The van der Waals surface area contributed by atoms with Gasteiger partial charge < -0.3 is 20.3 Å². The number of rotatable bonds is 6. The predicted octanol–water partition coefficient (Wildman–Crippen LogP) is 4.70. The highest BCUT2D eigenvalue weighted by Crippen LogP contribution is 2.27. The van der Waals surface area contributed by atoms with Gasteiger partial charge in [-0.3, -0.25) is 10.1 Å². The standard InChI is InChI=1S/C25H24FN5O3S/c26-20-15-18(28-24(35)30-23(32)14-17-6-2-1-3-7-17)8-9-21(20)34-19-10-11-27-22(16-19)29-25(33)31-12-4-5-13-31/h1-3,6-11,15-16H,4-5,12-14H2,(H,27,29,33)(H2,28,30,32,35). The fraction of sp³-hybridized carbons (Fsp3) is 0.200. The molecule has 1 aliphatic heterocycles. The molecule has 0 saturated carbocycles. The van der Waals surface area contributed by atoms with Gasteiger partial charge in [0.15, 0.2) is 16.7 Å². The Bertz CT molecular complexity index is 1220. The minimum absolute atomic E-state index is 0.0161. The number of hydrogen-bond acceptors (Lipinski definition) is 5. The highest BCUT2D eigenvalue weighted by atomic mass is 32.1. The van der Waals surface area contributed by atoms with Gasteiger partial charge in [-0.15, -0.1) is 0 Å². The van der Waals surface area contributed by atoms with Crippen LogP contribution in [0.5, 0.6) is 11.5 Å². The van der Waals surface area contributed by atoms with E-state index in [1.165, 1.54) is 24.4 Å². The van der Waals surface area contributed by atoms with Gasteiger partial charge >= 0.3 is 6.03 Å². The monoisotopic (exact) mass is 493 g/mol.